The molecule has 2 N–H and O–H groups in total. The van der Waals surface area contributed by atoms with Gasteiger partial charge in [-0.25, -0.2) is 8.78 Å². The standard InChI is InChI=1S/C21H16F2N2O2/c22-17-7-4-8-18(23)19(17)25-21(27)16-11-9-14(10-12-16)13-24-20(26)15-5-2-1-3-6-15/h1-12H,13H2,(H,24,26)(H,25,27). The predicted molar refractivity (Wildman–Crippen MR) is 98.4 cm³/mol. The minimum absolute atomic E-state index is 0.201. The largest absolute Gasteiger partial charge is 0.348 e. The summed E-state index contributed by atoms with van der Waals surface area (Å²) in [6.07, 6.45) is 0. The van der Waals surface area contributed by atoms with Crippen molar-refractivity contribution >= 4 is 17.5 Å². The van der Waals surface area contributed by atoms with Crippen LogP contribution in [-0.4, -0.2) is 11.8 Å². The maximum Gasteiger partial charge on any atom is 0.255 e. The molecular formula is C21H16F2N2O2. The van der Waals surface area contributed by atoms with E-state index in [2.05, 4.69) is 10.6 Å². The van der Waals surface area contributed by atoms with E-state index in [0.29, 0.717) is 5.56 Å². The molecule has 0 unspecified atom stereocenters. The number of benzene rings is 3. The van der Waals surface area contributed by atoms with E-state index in [4.69, 9.17) is 0 Å². The molecule has 3 aromatic carbocycles. The molecule has 0 fully saturated rings. The zero-order valence-electron chi connectivity index (χ0n) is 14.2. The summed E-state index contributed by atoms with van der Waals surface area (Å²) in [4.78, 5) is 24.2. The van der Waals surface area contributed by atoms with Gasteiger partial charge in [-0.3, -0.25) is 9.59 Å². The third kappa shape index (κ3) is 4.55. The number of para-hydroxylation sites is 1. The quantitative estimate of drug-likeness (QED) is 0.713. The fourth-order valence-corrected chi connectivity index (χ4v) is 2.45. The molecule has 136 valence electrons. The normalized spacial score (nSPS) is 10.3. The lowest BCUT2D eigenvalue weighted by Gasteiger charge is -2.09. The number of rotatable bonds is 5. The van der Waals surface area contributed by atoms with Crippen LogP contribution in [0.1, 0.15) is 26.3 Å². The molecule has 0 aliphatic rings. The van der Waals surface area contributed by atoms with Crippen molar-refractivity contribution in [3.63, 3.8) is 0 Å². The van der Waals surface area contributed by atoms with E-state index in [1.165, 1.54) is 18.2 Å². The van der Waals surface area contributed by atoms with Gasteiger partial charge in [0.05, 0.1) is 0 Å². The van der Waals surface area contributed by atoms with Crippen LogP contribution >= 0.6 is 0 Å². The van der Waals surface area contributed by atoms with E-state index in [1.54, 1.807) is 36.4 Å². The van der Waals surface area contributed by atoms with E-state index in [0.717, 1.165) is 17.7 Å². The summed E-state index contributed by atoms with van der Waals surface area (Å²) in [5.41, 5.74) is 1.10. The molecule has 0 heterocycles. The molecule has 0 bridgehead atoms. The van der Waals surface area contributed by atoms with Gasteiger partial charge >= 0.3 is 0 Å². The first-order valence-electron chi connectivity index (χ1n) is 8.22. The van der Waals surface area contributed by atoms with Crippen molar-refractivity contribution in [2.24, 2.45) is 0 Å². The molecule has 0 aliphatic carbocycles. The van der Waals surface area contributed by atoms with Crippen LogP contribution in [0.5, 0.6) is 0 Å². The highest BCUT2D eigenvalue weighted by molar-refractivity contribution is 6.04. The molecule has 6 heteroatoms. The number of carbonyl (C=O) groups is 2. The average Bonchev–Trinajstić information content (AvgIpc) is 2.70. The Morgan fingerprint density at radius 1 is 0.704 bits per heavy atom. The van der Waals surface area contributed by atoms with E-state index < -0.39 is 23.2 Å². The van der Waals surface area contributed by atoms with Crippen LogP contribution in [0, 0.1) is 11.6 Å². The Morgan fingerprint density at radius 2 is 1.30 bits per heavy atom. The van der Waals surface area contributed by atoms with Gasteiger partial charge in [-0.05, 0) is 42.0 Å². The SMILES string of the molecule is O=C(NCc1ccc(C(=O)Nc2c(F)cccc2F)cc1)c1ccccc1. The van der Waals surface area contributed by atoms with Crippen molar-refractivity contribution in [3.05, 3.63) is 101 Å². The van der Waals surface area contributed by atoms with Crippen molar-refractivity contribution in [2.45, 2.75) is 6.54 Å². The molecule has 4 nitrogen and oxygen atoms in total. The van der Waals surface area contributed by atoms with Gasteiger partial charge in [-0.1, -0.05) is 36.4 Å². The maximum absolute atomic E-state index is 13.6. The lowest BCUT2D eigenvalue weighted by Crippen LogP contribution is -2.22. The van der Waals surface area contributed by atoms with Crippen LogP contribution in [0.25, 0.3) is 0 Å². The molecule has 0 saturated carbocycles. The molecule has 0 spiro atoms. The summed E-state index contributed by atoms with van der Waals surface area (Å²) in [5.74, 6) is -2.52. The van der Waals surface area contributed by atoms with E-state index in [9.17, 15) is 18.4 Å². The number of carbonyl (C=O) groups excluding carboxylic acids is 2. The van der Waals surface area contributed by atoms with Gasteiger partial charge < -0.3 is 10.6 Å². The van der Waals surface area contributed by atoms with Crippen LogP contribution in [0.2, 0.25) is 0 Å². The number of nitrogens with one attached hydrogen (secondary N) is 2. The second kappa shape index (κ2) is 8.23. The monoisotopic (exact) mass is 366 g/mol. The molecule has 0 atom stereocenters. The Bertz CT molecular complexity index is 937. The number of halogens is 2. The topological polar surface area (TPSA) is 58.2 Å². The average molecular weight is 366 g/mol. The maximum atomic E-state index is 13.6. The Labute approximate surface area is 154 Å². The first-order valence-corrected chi connectivity index (χ1v) is 8.22. The van der Waals surface area contributed by atoms with Gasteiger partial charge in [0.2, 0.25) is 0 Å². The Kier molecular flexibility index (Phi) is 5.56. The van der Waals surface area contributed by atoms with Crippen LogP contribution in [0.15, 0.2) is 72.8 Å². The van der Waals surface area contributed by atoms with Crippen molar-refractivity contribution in [3.8, 4) is 0 Å². The van der Waals surface area contributed by atoms with Gasteiger partial charge in [-0.2, -0.15) is 0 Å². The minimum atomic E-state index is -0.844. The molecule has 0 radical (unpaired) electrons. The van der Waals surface area contributed by atoms with Gasteiger partial charge in [0.25, 0.3) is 11.8 Å². The van der Waals surface area contributed by atoms with Gasteiger partial charge in [0.15, 0.2) is 0 Å². The first kappa shape index (κ1) is 18.3. The summed E-state index contributed by atoms with van der Waals surface area (Å²) in [5, 5.41) is 5.01. The smallest absolute Gasteiger partial charge is 0.255 e. The zero-order chi connectivity index (χ0) is 19.2. The van der Waals surface area contributed by atoms with Gasteiger partial charge in [0, 0.05) is 17.7 Å². The summed E-state index contributed by atoms with van der Waals surface area (Å²) in [6.45, 7) is 0.289. The third-order valence-electron chi connectivity index (χ3n) is 3.91. The number of hydrogen-bond donors (Lipinski definition) is 2. The second-order valence-electron chi connectivity index (χ2n) is 5.80. The highest BCUT2D eigenvalue weighted by Crippen LogP contribution is 2.19. The first-order chi connectivity index (χ1) is 13.0. The zero-order valence-corrected chi connectivity index (χ0v) is 14.2. The van der Waals surface area contributed by atoms with E-state index in [1.807, 2.05) is 6.07 Å². The van der Waals surface area contributed by atoms with E-state index >= 15 is 0 Å². The van der Waals surface area contributed by atoms with Crippen LogP contribution < -0.4 is 10.6 Å². The number of hydrogen-bond acceptors (Lipinski definition) is 2. The number of amides is 2. The fourth-order valence-electron chi connectivity index (χ4n) is 2.45. The molecule has 0 aromatic heterocycles. The third-order valence-corrected chi connectivity index (χ3v) is 3.91. The van der Waals surface area contributed by atoms with Crippen LogP contribution in [0.3, 0.4) is 0 Å². The lowest BCUT2D eigenvalue weighted by atomic mass is 10.1. The van der Waals surface area contributed by atoms with E-state index in [-0.39, 0.29) is 18.0 Å². The molecule has 2 amide bonds. The highest BCUT2D eigenvalue weighted by atomic mass is 19.1. The van der Waals surface area contributed by atoms with Crippen LogP contribution in [-0.2, 0) is 6.54 Å². The molecule has 3 rings (SSSR count). The molecule has 3 aromatic rings. The van der Waals surface area contributed by atoms with Crippen LogP contribution in [0.4, 0.5) is 14.5 Å². The Balaban J connectivity index is 1.61. The van der Waals surface area contributed by atoms with Gasteiger partial charge in [-0.15, -0.1) is 0 Å². The summed E-state index contributed by atoms with van der Waals surface area (Å²) in [6, 6.07) is 18.5. The highest BCUT2D eigenvalue weighted by Gasteiger charge is 2.13. The second-order valence-corrected chi connectivity index (χ2v) is 5.80. The summed E-state index contributed by atoms with van der Waals surface area (Å²) in [7, 11) is 0. The Hall–Kier alpha value is -3.54. The molecular weight excluding hydrogens is 350 g/mol. The summed E-state index contributed by atoms with van der Waals surface area (Å²) >= 11 is 0. The fraction of sp³-hybridized carbons (Fsp3) is 0.0476. The Morgan fingerprint density at radius 3 is 1.93 bits per heavy atom. The van der Waals surface area contributed by atoms with Crippen molar-refractivity contribution in [2.75, 3.05) is 5.32 Å². The molecule has 27 heavy (non-hydrogen) atoms. The van der Waals surface area contributed by atoms with Crippen molar-refractivity contribution in [1.29, 1.82) is 0 Å². The number of anilines is 1. The summed E-state index contributed by atoms with van der Waals surface area (Å²) < 4.78 is 27.2. The molecule has 0 saturated heterocycles. The predicted octanol–water partition coefficient (Wildman–Crippen LogP) is 4.15. The lowest BCUT2D eigenvalue weighted by molar-refractivity contribution is 0.0950. The molecule has 0 aliphatic heterocycles. The van der Waals surface area contributed by atoms with Crippen molar-refractivity contribution < 1.29 is 18.4 Å². The minimum Gasteiger partial charge on any atom is -0.348 e. The van der Waals surface area contributed by atoms with Crippen molar-refractivity contribution in [1.82, 2.24) is 5.32 Å². The van der Waals surface area contributed by atoms with Gasteiger partial charge in [0.1, 0.15) is 17.3 Å².